The molecule has 0 heterocycles. The molecule has 0 aliphatic heterocycles. The van der Waals surface area contributed by atoms with E-state index in [1.807, 2.05) is 0 Å². The number of benzene rings is 2. The van der Waals surface area contributed by atoms with Gasteiger partial charge >= 0.3 is 0 Å². The Morgan fingerprint density at radius 1 is 0.680 bits per heavy atom. The second-order valence-corrected chi connectivity index (χ2v) is 9.90. The van der Waals surface area contributed by atoms with Gasteiger partial charge in [0.25, 0.3) is 0 Å². The zero-order valence-corrected chi connectivity index (χ0v) is 16.9. The number of hydrogen-bond acceptors (Lipinski definition) is 0. The van der Waals surface area contributed by atoms with Crippen LogP contribution in [-0.4, -0.2) is 9.52 Å². The van der Waals surface area contributed by atoms with E-state index in [1.54, 1.807) is 22.3 Å². The lowest BCUT2D eigenvalue weighted by Crippen LogP contribution is -2.02. The minimum absolute atomic E-state index is 0.0438. The van der Waals surface area contributed by atoms with Crippen LogP contribution in [0.1, 0.15) is 60.8 Å². The molecule has 0 spiro atoms. The number of rotatable bonds is 6. The highest BCUT2D eigenvalue weighted by molar-refractivity contribution is 6.35. The lowest BCUT2D eigenvalue weighted by atomic mass is 9.94. The van der Waals surface area contributed by atoms with Crippen LogP contribution >= 0.6 is 0 Å². The summed E-state index contributed by atoms with van der Waals surface area (Å²) in [5, 5.41) is 0. The second kappa shape index (κ2) is 7.17. The predicted octanol–water partition coefficient (Wildman–Crippen LogP) is 6.17. The first-order valence-electron chi connectivity index (χ1n) is 9.78. The van der Waals surface area contributed by atoms with Gasteiger partial charge in [0.2, 0.25) is 0 Å². The Balaban J connectivity index is 1.28. The molecule has 128 valence electrons. The molecule has 0 nitrogen and oxygen atoms in total. The SMILES string of the molecule is CC1=Cc2ccccc2C1CC[SiH2]CCC1C(C)=Cc2ccccc21. The first-order chi connectivity index (χ1) is 12.2. The molecule has 2 aromatic carbocycles. The van der Waals surface area contributed by atoms with Crippen molar-refractivity contribution in [1.82, 2.24) is 0 Å². The number of allylic oxidation sites excluding steroid dienone is 2. The van der Waals surface area contributed by atoms with Crippen LogP contribution in [0.25, 0.3) is 12.2 Å². The van der Waals surface area contributed by atoms with Gasteiger partial charge in [-0.25, -0.2) is 0 Å². The third-order valence-corrected chi connectivity index (χ3v) is 7.91. The molecule has 4 rings (SSSR count). The van der Waals surface area contributed by atoms with Gasteiger partial charge in [-0.1, -0.05) is 83.9 Å². The van der Waals surface area contributed by atoms with Gasteiger partial charge in [0.15, 0.2) is 0 Å². The van der Waals surface area contributed by atoms with Crippen molar-refractivity contribution in [3.8, 4) is 0 Å². The maximum absolute atomic E-state index is 2.39. The molecule has 0 saturated heterocycles. The molecule has 2 atom stereocenters. The van der Waals surface area contributed by atoms with Gasteiger partial charge in [0.1, 0.15) is 0 Å². The Hall–Kier alpha value is -1.86. The van der Waals surface area contributed by atoms with E-state index in [0.29, 0.717) is 11.8 Å². The fraction of sp³-hybridized carbons (Fsp3) is 0.333. The van der Waals surface area contributed by atoms with E-state index >= 15 is 0 Å². The molecule has 2 aliphatic rings. The molecule has 0 N–H and O–H groups in total. The number of hydrogen-bond donors (Lipinski definition) is 0. The van der Waals surface area contributed by atoms with Crippen LogP contribution in [0.15, 0.2) is 59.7 Å². The van der Waals surface area contributed by atoms with Crippen molar-refractivity contribution in [2.45, 2.75) is 50.6 Å². The summed E-state index contributed by atoms with van der Waals surface area (Å²) >= 11 is 0. The topological polar surface area (TPSA) is 0 Å². The number of fused-ring (bicyclic) bond motifs is 2. The standard InChI is InChI=1S/C24H28Si/c1-17-15-19-7-3-5-9-23(19)21(17)11-13-25-14-12-22-18(2)16-20-8-4-6-10-24(20)22/h3-10,15-16,21-22H,11-14,25H2,1-2H3. The summed E-state index contributed by atoms with van der Waals surface area (Å²) in [6.07, 6.45) is 7.51. The summed E-state index contributed by atoms with van der Waals surface area (Å²) in [6.45, 7) is 4.63. The minimum atomic E-state index is 0.0438. The van der Waals surface area contributed by atoms with Crippen molar-refractivity contribution in [1.29, 1.82) is 0 Å². The Bertz CT molecular complexity index is 758. The van der Waals surface area contributed by atoms with Crippen molar-refractivity contribution in [3.63, 3.8) is 0 Å². The molecule has 2 aromatic rings. The fourth-order valence-electron chi connectivity index (χ4n) is 4.74. The Morgan fingerprint density at radius 3 is 1.60 bits per heavy atom. The second-order valence-electron chi connectivity index (χ2n) is 7.78. The maximum atomic E-state index is 2.39. The molecule has 2 aliphatic carbocycles. The summed E-state index contributed by atoms with van der Waals surface area (Å²) in [5.41, 5.74) is 9.18. The maximum Gasteiger partial charge on any atom is 0.0198 e. The van der Waals surface area contributed by atoms with Crippen LogP contribution in [0.5, 0.6) is 0 Å². The molecule has 0 fully saturated rings. The van der Waals surface area contributed by atoms with Gasteiger partial charge in [-0.15, -0.1) is 0 Å². The molecular weight excluding hydrogens is 316 g/mol. The smallest absolute Gasteiger partial charge is 0.0198 e. The summed E-state index contributed by atoms with van der Waals surface area (Å²) < 4.78 is 0. The normalized spacial score (nSPS) is 21.4. The Morgan fingerprint density at radius 2 is 1.12 bits per heavy atom. The van der Waals surface area contributed by atoms with E-state index in [9.17, 15) is 0 Å². The van der Waals surface area contributed by atoms with Crippen LogP contribution in [0.2, 0.25) is 12.1 Å². The molecule has 0 radical (unpaired) electrons. The molecular formula is C24H28Si. The van der Waals surface area contributed by atoms with E-state index in [-0.39, 0.29) is 9.52 Å². The zero-order valence-electron chi connectivity index (χ0n) is 15.5. The van der Waals surface area contributed by atoms with Gasteiger partial charge in [-0.2, -0.15) is 0 Å². The summed E-state index contributed by atoms with van der Waals surface area (Å²) in [4.78, 5) is 0. The third kappa shape index (κ3) is 3.30. The van der Waals surface area contributed by atoms with Crippen molar-refractivity contribution < 1.29 is 0 Å². The molecule has 25 heavy (non-hydrogen) atoms. The first-order valence-corrected chi connectivity index (χ1v) is 11.8. The monoisotopic (exact) mass is 344 g/mol. The van der Waals surface area contributed by atoms with E-state index in [0.717, 1.165) is 0 Å². The average molecular weight is 345 g/mol. The van der Waals surface area contributed by atoms with Crippen LogP contribution < -0.4 is 0 Å². The van der Waals surface area contributed by atoms with Crippen LogP contribution in [0, 0.1) is 0 Å². The van der Waals surface area contributed by atoms with Crippen molar-refractivity contribution in [2.75, 3.05) is 0 Å². The fourth-order valence-corrected chi connectivity index (χ4v) is 6.49. The summed E-state index contributed by atoms with van der Waals surface area (Å²) in [5.74, 6) is 1.38. The van der Waals surface area contributed by atoms with E-state index in [2.05, 4.69) is 74.5 Å². The van der Waals surface area contributed by atoms with Crippen molar-refractivity contribution in [2.24, 2.45) is 0 Å². The van der Waals surface area contributed by atoms with Crippen LogP contribution in [0.4, 0.5) is 0 Å². The highest BCUT2D eigenvalue weighted by atomic mass is 28.2. The van der Waals surface area contributed by atoms with E-state index in [1.165, 1.54) is 36.1 Å². The summed E-state index contributed by atoms with van der Waals surface area (Å²) in [6, 6.07) is 20.9. The third-order valence-electron chi connectivity index (χ3n) is 6.09. The average Bonchev–Trinajstić information content (AvgIpc) is 3.11. The molecule has 0 saturated carbocycles. The van der Waals surface area contributed by atoms with E-state index in [4.69, 9.17) is 0 Å². The molecule has 0 amide bonds. The highest BCUT2D eigenvalue weighted by Gasteiger charge is 2.23. The molecule has 0 bridgehead atoms. The van der Waals surface area contributed by atoms with Gasteiger partial charge in [0, 0.05) is 21.4 Å². The molecule has 1 heteroatoms. The van der Waals surface area contributed by atoms with Gasteiger partial charge in [-0.05, 0) is 48.9 Å². The minimum Gasteiger partial charge on any atom is -0.0652 e. The predicted molar refractivity (Wildman–Crippen MR) is 113 cm³/mol. The van der Waals surface area contributed by atoms with Gasteiger partial charge < -0.3 is 0 Å². The van der Waals surface area contributed by atoms with Gasteiger partial charge in [-0.3, -0.25) is 0 Å². The Kier molecular flexibility index (Phi) is 4.76. The van der Waals surface area contributed by atoms with E-state index < -0.39 is 0 Å². The van der Waals surface area contributed by atoms with Crippen molar-refractivity contribution in [3.05, 3.63) is 81.9 Å². The van der Waals surface area contributed by atoms with Gasteiger partial charge in [0.05, 0.1) is 0 Å². The van der Waals surface area contributed by atoms with Crippen LogP contribution in [0.3, 0.4) is 0 Å². The zero-order chi connectivity index (χ0) is 17.2. The Labute approximate surface area is 154 Å². The molecule has 0 aromatic heterocycles. The lowest BCUT2D eigenvalue weighted by Gasteiger charge is -2.16. The summed E-state index contributed by atoms with van der Waals surface area (Å²) in [7, 11) is 0.0438. The first kappa shape index (κ1) is 16.6. The quantitative estimate of drug-likeness (QED) is 0.434. The van der Waals surface area contributed by atoms with Crippen molar-refractivity contribution >= 4 is 21.7 Å². The molecule has 2 unspecified atom stereocenters. The largest absolute Gasteiger partial charge is 0.0652 e. The van der Waals surface area contributed by atoms with Crippen LogP contribution in [-0.2, 0) is 0 Å². The lowest BCUT2D eigenvalue weighted by molar-refractivity contribution is 0.753. The highest BCUT2D eigenvalue weighted by Crippen LogP contribution is 2.40.